The van der Waals surface area contributed by atoms with Crippen LogP contribution in [0.4, 0.5) is 0 Å². The molecule has 0 spiro atoms. The Labute approximate surface area is 82.2 Å². The van der Waals surface area contributed by atoms with E-state index in [1.165, 1.54) is 11.4 Å². The SMILES string of the molecule is CCC(C)=C1N(C)C(C)C(C)N1C. The van der Waals surface area contributed by atoms with Gasteiger partial charge in [0.25, 0.3) is 0 Å². The summed E-state index contributed by atoms with van der Waals surface area (Å²) in [7, 11) is 4.39. The highest BCUT2D eigenvalue weighted by Gasteiger charge is 2.33. The predicted octanol–water partition coefficient (Wildman–Crippen LogP) is 2.28. The quantitative estimate of drug-likeness (QED) is 0.614. The van der Waals surface area contributed by atoms with Crippen LogP contribution in [0.25, 0.3) is 0 Å². The molecule has 0 bridgehead atoms. The average Bonchev–Trinajstić information content (AvgIpc) is 2.30. The Kier molecular flexibility index (Phi) is 2.89. The standard InChI is InChI=1S/C11H22N2/c1-7-8(2)11-12(5)9(3)10(4)13(11)6/h9-10H,7H2,1-6H3. The van der Waals surface area contributed by atoms with E-state index in [1.807, 2.05) is 0 Å². The van der Waals surface area contributed by atoms with Crippen LogP contribution in [0, 0.1) is 0 Å². The van der Waals surface area contributed by atoms with Gasteiger partial charge in [0, 0.05) is 26.2 Å². The first-order valence-electron chi connectivity index (χ1n) is 5.16. The van der Waals surface area contributed by atoms with Gasteiger partial charge in [-0.2, -0.15) is 0 Å². The van der Waals surface area contributed by atoms with Crippen LogP contribution in [-0.2, 0) is 0 Å². The number of hydrogen-bond donors (Lipinski definition) is 0. The van der Waals surface area contributed by atoms with Crippen molar-refractivity contribution in [2.45, 2.75) is 46.2 Å². The van der Waals surface area contributed by atoms with E-state index in [-0.39, 0.29) is 0 Å². The Morgan fingerprint density at radius 3 is 1.85 bits per heavy atom. The molecular weight excluding hydrogens is 160 g/mol. The second-order valence-electron chi connectivity index (χ2n) is 4.16. The van der Waals surface area contributed by atoms with Crippen LogP contribution >= 0.6 is 0 Å². The van der Waals surface area contributed by atoms with E-state index in [1.54, 1.807) is 0 Å². The van der Waals surface area contributed by atoms with Crippen molar-refractivity contribution < 1.29 is 0 Å². The number of allylic oxidation sites excluding steroid dienone is 1. The highest BCUT2D eigenvalue weighted by atomic mass is 15.4. The van der Waals surface area contributed by atoms with Crippen LogP contribution in [-0.4, -0.2) is 36.0 Å². The smallest absolute Gasteiger partial charge is 0.103 e. The summed E-state index contributed by atoms with van der Waals surface area (Å²) < 4.78 is 0. The summed E-state index contributed by atoms with van der Waals surface area (Å²) in [5.41, 5.74) is 1.49. The van der Waals surface area contributed by atoms with E-state index in [4.69, 9.17) is 0 Å². The third-order valence-corrected chi connectivity index (χ3v) is 3.50. The minimum absolute atomic E-state index is 0.626. The monoisotopic (exact) mass is 182 g/mol. The predicted molar refractivity (Wildman–Crippen MR) is 57.4 cm³/mol. The Hall–Kier alpha value is -0.660. The maximum Gasteiger partial charge on any atom is 0.103 e. The lowest BCUT2D eigenvalue weighted by Crippen LogP contribution is -2.29. The number of hydrogen-bond acceptors (Lipinski definition) is 2. The van der Waals surface area contributed by atoms with E-state index in [0.29, 0.717) is 12.1 Å². The molecule has 76 valence electrons. The highest BCUT2D eigenvalue weighted by molar-refractivity contribution is 5.16. The zero-order valence-electron chi connectivity index (χ0n) is 9.76. The van der Waals surface area contributed by atoms with Crippen molar-refractivity contribution in [1.29, 1.82) is 0 Å². The number of rotatable bonds is 1. The van der Waals surface area contributed by atoms with Gasteiger partial charge in [-0.15, -0.1) is 0 Å². The fourth-order valence-corrected chi connectivity index (χ4v) is 2.04. The van der Waals surface area contributed by atoms with Crippen LogP contribution < -0.4 is 0 Å². The molecule has 0 aromatic heterocycles. The molecule has 1 fully saturated rings. The topological polar surface area (TPSA) is 6.48 Å². The van der Waals surface area contributed by atoms with E-state index < -0.39 is 0 Å². The molecule has 0 amide bonds. The lowest BCUT2D eigenvalue weighted by molar-refractivity contribution is 0.344. The molecule has 1 aliphatic heterocycles. The van der Waals surface area contributed by atoms with Crippen molar-refractivity contribution in [3.63, 3.8) is 0 Å². The summed E-state index contributed by atoms with van der Waals surface area (Å²) in [6, 6.07) is 1.25. The molecule has 0 aliphatic carbocycles. The van der Waals surface area contributed by atoms with Gasteiger partial charge in [-0.1, -0.05) is 6.92 Å². The van der Waals surface area contributed by atoms with Crippen molar-refractivity contribution in [1.82, 2.24) is 9.80 Å². The van der Waals surface area contributed by atoms with Crippen molar-refractivity contribution in [2.75, 3.05) is 14.1 Å². The molecule has 0 aromatic rings. The minimum atomic E-state index is 0.626. The lowest BCUT2D eigenvalue weighted by atomic mass is 10.2. The first-order valence-corrected chi connectivity index (χ1v) is 5.16. The van der Waals surface area contributed by atoms with Crippen LogP contribution in [0.15, 0.2) is 11.4 Å². The molecule has 2 heteroatoms. The minimum Gasteiger partial charge on any atom is -0.357 e. The second kappa shape index (κ2) is 3.60. The summed E-state index contributed by atoms with van der Waals surface area (Å²) in [6.45, 7) is 9.03. The molecule has 2 unspecified atom stereocenters. The van der Waals surface area contributed by atoms with Gasteiger partial charge in [0.05, 0.1) is 0 Å². The summed E-state index contributed by atoms with van der Waals surface area (Å²) in [4.78, 5) is 4.78. The molecule has 0 N–H and O–H groups in total. The first-order chi connectivity index (χ1) is 6.00. The van der Waals surface area contributed by atoms with Crippen LogP contribution in [0.5, 0.6) is 0 Å². The normalized spacial score (nSPS) is 28.6. The van der Waals surface area contributed by atoms with Gasteiger partial charge in [0.2, 0.25) is 0 Å². The molecule has 2 atom stereocenters. The third-order valence-electron chi connectivity index (χ3n) is 3.50. The molecule has 0 aromatic carbocycles. The van der Waals surface area contributed by atoms with E-state index in [2.05, 4.69) is 51.6 Å². The summed E-state index contributed by atoms with van der Waals surface area (Å²) in [5.74, 6) is 1.42. The zero-order chi connectivity index (χ0) is 10.2. The average molecular weight is 182 g/mol. The summed E-state index contributed by atoms with van der Waals surface area (Å²) in [6.07, 6.45) is 1.14. The summed E-state index contributed by atoms with van der Waals surface area (Å²) in [5, 5.41) is 0. The molecule has 1 rings (SSSR count). The van der Waals surface area contributed by atoms with E-state index >= 15 is 0 Å². The second-order valence-corrected chi connectivity index (χ2v) is 4.16. The molecule has 1 heterocycles. The van der Waals surface area contributed by atoms with Crippen molar-refractivity contribution >= 4 is 0 Å². The van der Waals surface area contributed by atoms with Gasteiger partial charge in [-0.25, -0.2) is 0 Å². The van der Waals surface area contributed by atoms with Gasteiger partial charge in [0.15, 0.2) is 0 Å². The highest BCUT2D eigenvalue weighted by Crippen LogP contribution is 2.29. The molecular formula is C11H22N2. The molecule has 13 heavy (non-hydrogen) atoms. The maximum absolute atomic E-state index is 2.39. The number of nitrogens with zero attached hydrogens (tertiary/aromatic N) is 2. The van der Waals surface area contributed by atoms with Crippen LogP contribution in [0.2, 0.25) is 0 Å². The Bertz CT molecular complexity index is 204. The fourth-order valence-electron chi connectivity index (χ4n) is 2.04. The van der Waals surface area contributed by atoms with Gasteiger partial charge >= 0.3 is 0 Å². The Morgan fingerprint density at radius 1 is 1.15 bits per heavy atom. The zero-order valence-corrected chi connectivity index (χ0v) is 9.76. The third kappa shape index (κ3) is 1.54. The van der Waals surface area contributed by atoms with E-state index in [9.17, 15) is 0 Å². The first kappa shape index (κ1) is 10.4. The maximum atomic E-state index is 2.39. The van der Waals surface area contributed by atoms with Crippen LogP contribution in [0.1, 0.15) is 34.1 Å². The Morgan fingerprint density at radius 2 is 1.54 bits per heavy atom. The van der Waals surface area contributed by atoms with Gasteiger partial charge in [0.1, 0.15) is 5.82 Å². The molecule has 1 aliphatic rings. The van der Waals surface area contributed by atoms with Gasteiger partial charge in [-0.3, -0.25) is 0 Å². The molecule has 0 radical (unpaired) electrons. The molecule has 2 nitrogen and oxygen atoms in total. The lowest BCUT2D eigenvalue weighted by Gasteiger charge is -2.22. The molecule has 1 saturated heterocycles. The van der Waals surface area contributed by atoms with Crippen molar-refractivity contribution in [3.05, 3.63) is 11.4 Å². The largest absolute Gasteiger partial charge is 0.357 e. The van der Waals surface area contributed by atoms with E-state index in [0.717, 1.165) is 6.42 Å². The fraction of sp³-hybridized carbons (Fsp3) is 0.818. The van der Waals surface area contributed by atoms with Crippen molar-refractivity contribution in [3.8, 4) is 0 Å². The molecule has 0 saturated carbocycles. The van der Waals surface area contributed by atoms with Crippen LogP contribution in [0.3, 0.4) is 0 Å². The summed E-state index contributed by atoms with van der Waals surface area (Å²) >= 11 is 0. The van der Waals surface area contributed by atoms with Crippen molar-refractivity contribution in [2.24, 2.45) is 0 Å². The van der Waals surface area contributed by atoms with Gasteiger partial charge < -0.3 is 9.80 Å². The van der Waals surface area contributed by atoms with Gasteiger partial charge in [-0.05, 0) is 32.8 Å². The number of likely N-dealkylation sites (N-methyl/N-ethyl adjacent to an activating group) is 2. The Balaban J connectivity index is 3.00.